The quantitative estimate of drug-likeness (QED) is 0.875. The van der Waals surface area contributed by atoms with Gasteiger partial charge in [0, 0.05) is 0 Å². The zero-order chi connectivity index (χ0) is 12.3. The fraction of sp³-hybridized carbons (Fsp3) is 0.214. The number of benzene rings is 2. The molecule has 2 aromatic carbocycles. The Morgan fingerprint density at radius 2 is 1.94 bits per heavy atom. The number of amides is 1. The van der Waals surface area contributed by atoms with E-state index in [-0.39, 0.29) is 0 Å². The van der Waals surface area contributed by atoms with E-state index in [1.165, 1.54) is 0 Å². The topological polar surface area (TPSA) is 52.3 Å². The molecule has 0 aliphatic carbocycles. The minimum Gasteiger partial charge on any atom is -0.481 e. The summed E-state index contributed by atoms with van der Waals surface area (Å²) < 4.78 is 5.56. The molecule has 3 nitrogen and oxygen atoms in total. The van der Waals surface area contributed by atoms with Gasteiger partial charge in [-0.25, -0.2) is 0 Å². The molecule has 0 fully saturated rings. The molecule has 0 saturated heterocycles. The lowest BCUT2D eigenvalue weighted by Gasteiger charge is -2.14. The van der Waals surface area contributed by atoms with E-state index in [4.69, 9.17) is 10.5 Å². The molecule has 0 unspecified atom stereocenters. The van der Waals surface area contributed by atoms with Crippen molar-refractivity contribution in [3.05, 3.63) is 42.5 Å². The summed E-state index contributed by atoms with van der Waals surface area (Å²) in [4.78, 5) is 11.1. The summed E-state index contributed by atoms with van der Waals surface area (Å²) in [5, 5.41) is 2.23. The van der Waals surface area contributed by atoms with E-state index >= 15 is 0 Å². The van der Waals surface area contributed by atoms with Crippen LogP contribution < -0.4 is 10.5 Å². The maximum absolute atomic E-state index is 11.1. The van der Waals surface area contributed by atoms with Gasteiger partial charge in [-0.15, -0.1) is 0 Å². The molecule has 2 rings (SSSR count). The maximum atomic E-state index is 11.1. The van der Waals surface area contributed by atoms with E-state index < -0.39 is 12.0 Å². The van der Waals surface area contributed by atoms with Gasteiger partial charge < -0.3 is 10.5 Å². The van der Waals surface area contributed by atoms with E-state index in [1.807, 2.05) is 49.4 Å². The summed E-state index contributed by atoms with van der Waals surface area (Å²) in [7, 11) is 0. The third-order valence-corrected chi connectivity index (χ3v) is 2.69. The largest absolute Gasteiger partial charge is 0.481 e. The first-order valence-corrected chi connectivity index (χ1v) is 5.65. The van der Waals surface area contributed by atoms with Crippen LogP contribution in [0.15, 0.2) is 42.5 Å². The molecular weight excluding hydrogens is 214 g/mol. The third kappa shape index (κ3) is 2.56. The number of hydrogen-bond acceptors (Lipinski definition) is 2. The van der Waals surface area contributed by atoms with Crippen molar-refractivity contribution in [2.45, 2.75) is 19.4 Å². The number of rotatable bonds is 4. The molecule has 1 amide bonds. The summed E-state index contributed by atoms with van der Waals surface area (Å²) in [6.07, 6.45) is 0.0125. The number of nitrogens with two attached hydrogens (primary N) is 1. The Hall–Kier alpha value is -2.03. The SMILES string of the molecule is CC[C@@H](Oc1ccc2ccccc2c1)C(N)=O. The predicted molar refractivity (Wildman–Crippen MR) is 67.8 cm³/mol. The van der Waals surface area contributed by atoms with Gasteiger partial charge in [0.1, 0.15) is 5.75 Å². The molecule has 0 radical (unpaired) electrons. The number of primary amides is 1. The highest BCUT2D eigenvalue weighted by molar-refractivity contribution is 5.84. The molecule has 0 aliphatic heterocycles. The van der Waals surface area contributed by atoms with Crippen LogP contribution in [0.3, 0.4) is 0 Å². The van der Waals surface area contributed by atoms with Gasteiger partial charge in [-0.05, 0) is 29.3 Å². The van der Waals surface area contributed by atoms with Crippen LogP contribution in [0.25, 0.3) is 10.8 Å². The zero-order valence-electron chi connectivity index (χ0n) is 9.72. The Kier molecular flexibility index (Phi) is 3.28. The molecule has 17 heavy (non-hydrogen) atoms. The lowest BCUT2D eigenvalue weighted by Crippen LogP contribution is -2.32. The average molecular weight is 229 g/mol. The van der Waals surface area contributed by atoms with Crippen molar-refractivity contribution in [3.63, 3.8) is 0 Å². The fourth-order valence-electron chi connectivity index (χ4n) is 1.75. The fourth-order valence-corrected chi connectivity index (χ4v) is 1.75. The van der Waals surface area contributed by atoms with Crippen molar-refractivity contribution < 1.29 is 9.53 Å². The number of hydrogen-bond donors (Lipinski definition) is 1. The molecule has 3 heteroatoms. The first-order chi connectivity index (χ1) is 8.20. The van der Waals surface area contributed by atoms with Gasteiger partial charge >= 0.3 is 0 Å². The van der Waals surface area contributed by atoms with Crippen LogP contribution in [-0.4, -0.2) is 12.0 Å². The van der Waals surface area contributed by atoms with Gasteiger partial charge in [-0.3, -0.25) is 4.79 Å². The van der Waals surface area contributed by atoms with Crippen molar-refractivity contribution in [2.24, 2.45) is 5.73 Å². The third-order valence-electron chi connectivity index (χ3n) is 2.69. The number of carbonyl (C=O) groups is 1. The summed E-state index contributed by atoms with van der Waals surface area (Å²) in [6.45, 7) is 1.87. The van der Waals surface area contributed by atoms with Crippen molar-refractivity contribution >= 4 is 16.7 Å². The molecule has 2 N–H and O–H groups in total. The van der Waals surface area contributed by atoms with Crippen LogP contribution >= 0.6 is 0 Å². The van der Waals surface area contributed by atoms with Crippen molar-refractivity contribution in [2.75, 3.05) is 0 Å². The molecular formula is C14H15NO2. The second-order valence-corrected chi connectivity index (χ2v) is 3.93. The summed E-state index contributed by atoms with van der Waals surface area (Å²) in [5.74, 6) is 0.245. The molecule has 0 bridgehead atoms. The summed E-state index contributed by atoms with van der Waals surface area (Å²) in [6, 6.07) is 13.7. The molecule has 1 atom stereocenters. The first kappa shape index (κ1) is 11.5. The highest BCUT2D eigenvalue weighted by Gasteiger charge is 2.14. The zero-order valence-corrected chi connectivity index (χ0v) is 9.72. The monoisotopic (exact) mass is 229 g/mol. The molecule has 0 aliphatic rings. The van der Waals surface area contributed by atoms with E-state index in [9.17, 15) is 4.79 Å². The first-order valence-electron chi connectivity index (χ1n) is 5.65. The van der Waals surface area contributed by atoms with Crippen LogP contribution in [0.4, 0.5) is 0 Å². The molecule has 0 aromatic heterocycles. The van der Waals surface area contributed by atoms with Crippen molar-refractivity contribution in [3.8, 4) is 5.75 Å². The smallest absolute Gasteiger partial charge is 0.258 e. The second kappa shape index (κ2) is 4.87. The summed E-state index contributed by atoms with van der Waals surface area (Å²) in [5.41, 5.74) is 5.24. The van der Waals surface area contributed by atoms with Crippen LogP contribution in [0, 0.1) is 0 Å². The van der Waals surface area contributed by atoms with Gasteiger partial charge in [0.05, 0.1) is 0 Å². The number of ether oxygens (including phenoxy) is 1. The molecule has 2 aromatic rings. The Labute approximate surface area is 100 Å². The molecule has 0 heterocycles. The van der Waals surface area contributed by atoms with Gasteiger partial charge in [0.25, 0.3) is 5.91 Å². The minimum absolute atomic E-state index is 0.430. The van der Waals surface area contributed by atoms with Gasteiger partial charge in [0.2, 0.25) is 0 Å². The number of carbonyl (C=O) groups excluding carboxylic acids is 1. The van der Waals surface area contributed by atoms with E-state index in [1.54, 1.807) is 0 Å². The van der Waals surface area contributed by atoms with Crippen LogP contribution in [-0.2, 0) is 4.79 Å². The highest BCUT2D eigenvalue weighted by Crippen LogP contribution is 2.21. The Balaban J connectivity index is 2.27. The van der Waals surface area contributed by atoms with E-state index in [0.29, 0.717) is 12.2 Å². The molecule has 0 spiro atoms. The Bertz CT molecular complexity index is 536. The standard InChI is InChI=1S/C14H15NO2/c1-2-13(14(15)16)17-12-8-7-10-5-3-4-6-11(10)9-12/h3-9,13H,2H2,1H3,(H2,15,16)/t13-/m1/s1. The van der Waals surface area contributed by atoms with Crippen LogP contribution in [0.5, 0.6) is 5.75 Å². The highest BCUT2D eigenvalue weighted by atomic mass is 16.5. The Morgan fingerprint density at radius 1 is 1.24 bits per heavy atom. The Morgan fingerprint density at radius 3 is 2.59 bits per heavy atom. The van der Waals surface area contributed by atoms with Gasteiger partial charge in [0.15, 0.2) is 6.10 Å². The second-order valence-electron chi connectivity index (χ2n) is 3.93. The lowest BCUT2D eigenvalue weighted by atomic mass is 10.1. The molecule has 0 saturated carbocycles. The van der Waals surface area contributed by atoms with Crippen LogP contribution in [0.2, 0.25) is 0 Å². The van der Waals surface area contributed by atoms with Gasteiger partial charge in [-0.1, -0.05) is 37.3 Å². The van der Waals surface area contributed by atoms with Crippen LogP contribution in [0.1, 0.15) is 13.3 Å². The normalized spacial score (nSPS) is 12.3. The maximum Gasteiger partial charge on any atom is 0.258 e. The van der Waals surface area contributed by atoms with Crippen molar-refractivity contribution in [1.29, 1.82) is 0 Å². The van der Waals surface area contributed by atoms with E-state index in [0.717, 1.165) is 10.8 Å². The minimum atomic E-state index is -0.559. The lowest BCUT2D eigenvalue weighted by molar-refractivity contribution is -0.124. The van der Waals surface area contributed by atoms with Crippen molar-refractivity contribution in [1.82, 2.24) is 0 Å². The number of fused-ring (bicyclic) bond motifs is 1. The predicted octanol–water partition coefficient (Wildman–Crippen LogP) is 2.48. The average Bonchev–Trinajstić information content (AvgIpc) is 2.35. The van der Waals surface area contributed by atoms with Gasteiger partial charge in [-0.2, -0.15) is 0 Å². The van der Waals surface area contributed by atoms with E-state index in [2.05, 4.69) is 0 Å². The molecule has 88 valence electrons. The summed E-state index contributed by atoms with van der Waals surface area (Å²) >= 11 is 0.